The van der Waals surface area contributed by atoms with Crippen LogP contribution in [-0.4, -0.2) is 15.8 Å². The molecule has 15 heavy (non-hydrogen) atoms. The van der Waals surface area contributed by atoms with E-state index in [-0.39, 0.29) is 11.7 Å². The summed E-state index contributed by atoms with van der Waals surface area (Å²) >= 11 is 0. The monoisotopic (exact) mass is 202 g/mol. The molecule has 0 aliphatic carbocycles. The maximum atomic E-state index is 11.6. The second-order valence-corrected chi connectivity index (χ2v) is 3.28. The molecule has 76 valence electrons. The van der Waals surface area contributed by atoms with Crippen LogP contribution in [0.15, 0.2) is 12.5 Å². The number of nitriles is 2. The van der Waals surface area contributed by atoms with Gasteiger partial charge in [0.15, 0.2) is 11.7 Å². The standard InChI is InChI=1S/C10H10N4O/c1-7(2-9-5-13-6-14-9)10(15)8(3-11)4-12/h5-8H,2H2,1H3,(H,13,14). The number of hydrogen-bond acceptors (Lipinski definition) is 4. The molecule has 0 bridgehead atoms. The van der Waals surface area contributed by atoms with Crippen molar-refractivity contribution in [3.05, 3.63) is 18.2 Å². The molecule has 1 aromatic rings. The molecular weight excluding hydrogens is 192 g/mol. The van der Waals surface area contributed by atoms with Gasteiger partial charge in [0.05, 0.1) is 18.5 Å². The first-order valence-electron chi connectivity index (χ1n) is 4.49. The quantitative estimate of drug-likeness (QED) is 0.782. The van der Waals surface area contributed by atoms with Gasteiger partial charge >= 0.3 is 0 Å². The molecule has 1 atom stereocenters. The van der Waals surface area contributed by atoms with Crippen LogP contribution in [0.5, 0.6) is 0 Å². The van der Waals surface area contributed by atoms with E-state index in [0.29, 0.717) is 6.42 Å². The highest BCUT2D eigenvalue weighted by atomic mass is 16.1. The van der Waals surface area contributed by atoms with Crippen molar-refractivity contribution in [1.29, 1.82) is 10.5 Å². The van der Waals surface area contributed by atoms with Gasteiger partial charge in [-0.15, -0.1) is 0 Å². The normalized spacial score (nSPS) is 11.7. The number of aromatic nitrogens is 2. The molecule has 5 heteroatoms. The van der Waals surface area contributed by atoms with E-state index in [1.165, 1.54) is 6.33 Å². The highest BCUT2D eigenvalue weighted by Gasteiger charge is 2.23. The van der Waals surface area contributed by atoms with E-state index >= 15 is 0 Å². The molecule has 1 aromatic heterocycles. The molecule has 0 aliphatic rings. The molecule has 0 spiro atoms. The average molecular weight is 202 g/mol. The van der Waals surface area contributed by atoms with Crippen molar-refractivity contribution in [2.24, 2.45) is 11.8 Å². The third-order valence-corrected chi connectivity index (χ3v) is 2.11. The smallest absolute Gasteiger partial charge is 0.191 e. The van der Waals surface area contributed by atoms with Gasteiger partial charge in [0.2, 0.25) is 0 Å². The Morgan fingerprint density at radius 2 is 2.27 bits per heavy atom. The SMILES string of the molecule is CC(Cc1cnc[nH]1)C(=O)C(C#N)C#N. The van der Waals surface area contributed by atoms with Crippen molar-refractivity contribution >= 4 is 5.78 Å². The lowest BCUT2D eigenvalue weighted by Crippen LogP contribution is -2.21. The van der Waals surface area contributed by atoms with Crippen LogP contribution in [-0.2, 0) is 11.2 Å². The largest absolute Gasteiger partial charge is 0.348 e. The van der Waals surface area contributed by atoms with Gasteiger partial charge in [-0.05, 0) is 6.42 Å². The lowest BCUT2D eigenvalue weighted by molar-refractivity contribution is -0.123. The summed E-state index contributed by atoms with van der Waals surface area (Å²) in [6, 6.07) is 3.35. The highest BCUT2D eigenvalue weighted by molar-refractivity contribution is 5.87. The number of nitrogens with zero attached hydrogens (tertiary/aromatic N) is 3. The van der Waals surface area contributed by atoms with Gasteiger partial charge in [0, 0.05) is 17.8 Å². The van der Waals surface area contributed by atoms with E-state index in [0.717, 1.165) is 5.69 Å². The number of Topliss-reactive ketones (excluding diaryl/α,β-unsaturated/α-hetero) is 1. The van der Waals surface area contributed by atoms with Crippen LogP contribution in [0.4, 0.5) is 0 Å². The van der Waals surface area contributed by atoms with Crippen LogP contribution in [0.25, 0.3) is 0 Å². The number of carbonyl (C=O) groups is 1. The molecule has 0 saturated heterocycles. The summed E-state index contributed by atoms with van der Waals surface area (Å²) in [7, 11) is 0. The predicted molar refractivity (Wildman–Crippen MR) is 51.2 cm³/mol. The molecule has 0 amide bonds. The third kappa shape index (κ3) is 2.65. The molecule has 0 fully saturated rings. The molecule has 0 aromatic carbocycles. The second-order valence-electron chi connectivity index (χ2n) is 3.28. The topological polar surface area (TPSA) is 93.3 Å². The van der Waals surface area contributed by atoms with Crippen LogP contribution >= 0.6 is 0 Å². The Morgan fingerprint density at radius 3 is 2.73 bits per heavy atom. The van der Waals surface area contributed by atoms with Gasteiger partial charge in [0.25, 0.3) is 0 Å². The molecule has 0 saturated carbocycles. The van der Waals surface area contributed by atoms with Gasteiger partial charge in [-0.25, -0.2) is 4.98 Å². The van der Waals surface area contributed by atoms with Crippen molar-refractivity contribution in [2.45, 2.75) is 13.3 Å². The van der Waals surface area contributed by atoms with Crippen molar-refractivity contribution in [2.75, 3.05) is 0 Å². The number of aromatic amines is 1. The number of H-pyrrole nitrogens is 1. The Labute approximate surface area is 87.4 Å². The van der Waals surface area contributed by atoms with E-state index in [4.69, 9.17) is 10.5 Å². The average Bonchev–Trinajstić information content (AvgIpc) is 2.72. The summed E-state index contributed by atoms with van der Waals surface area (Å²) in [6.07, 6.45) is 3.62. The Kier molecular flexibility index (Phi) is 3.59. The summed E-state index contributed by atoms with van der Waals surface area (Å²) in [6.45, 7) is 1.70. The molecule has 5 nitrogen and oxygen atoms in total. The van der Waals surface area contributed by atoms with E-state index < -0.39 is 5.92 Å². The van der Waals surface area contributed by atoms with Gasteiger partial charge in [-0.3, -0.25) is 4.79 Å². The fourth-order valence-corrected chi connectivity index (χ4v) is 1.27. The van der Waals surface area contributed by atoms with E-state index in [1.54, 1.807) is 25.3 Å². The number of nitrogens with one attached hydrogen (secondary N) is 1. The predicted octanol–water partition coefficient (Wildman–Crippen LogP) is 0.821. The summed E-state index contributed by atoms with van der Waals surface area (Å²) in [4.78, 5) is 18.2. The molecule has 0 radical (unpaired) electrons. The Hall–Kier alpha value is -2.14. The zero-order valence-corrected chi connectivity index (χ0v) is 8.27. The summed E-state index contributed by atoms with van der Waals surface area (Å²) in [5.41, 5.74) is 0.825. The van der Waals surface area contributed by atoms with Crippen LogP contribution in [0.3, 0.4) is 0 Å². The summed E-state index contributed by atoms with van der Waals surface area (Å²) in [5, 5.41) is 17.1. The molecule has 1 N–H and O–H groups in total. The number of carbonyl (C=O) groups excluding carboxylic acids is 1. The Bertz CT molecular complexity index is 396. The molecule has 0 aliphatic heterocycles. The van der Waals surface area contributed by atoms with Crippen molar-refractivity contribution in [3.63, 3.8) is 0 Å². The lowest BCUT2D eigenvalue weighted by atomic mass is 9.92. The van der Waals surface area contributed by atoms with Gasteiger partial charge in [0.1, 0.15) is 0 Å². The van der Waals surface area contributed by atoms with Gasteiger partial charge in [-0.2, -0.15) is 10.5 Å². The molecule has 1 rings (SSSR count). The lowest BCUT2D eigenvalue weighted by Gasteiger charge is -2.08. The highest BCUT2D eigenvalue weighted by Crippen LogP contribution is 2.11. The van der Waals surface area contributed by atoms with E-state index in [9.17, 15) is 4.79 Å². The van der Waals surface area contributed by atoms with Crippen LogP contribution in [0.1, 0.15) is 12.6 Å². The number of hydrogen-bond donors (Lipinski definition) is 1. The van der Waals surface area contributed by atoms with Crippen molar-refractivity contribution in [1.82, 2.24) is 9.97 Å². The molecule has 1 unspecified atom stereocenters. The van der Waals surface area contributed by atoms with Crippen LogP contribution in [0, 0.1) is 34.5 Å². The maximum absolute atomic E-state index is 11.6. The van der Waals surface area contributed by atoms with Crippen molar-refractivity contribution < 1.29 is 4.79 Å². The maximum Gasteiger partial charge on any atom is 0.191 e. The second kappa shape index (κ2) is 4.92. The third-order valence-electron chi connectivity index (χ3n) is 2.11. The number of rotatable bonds is 4. The first-order valence-corrected chi connectivity index (χ1v) is 4.49. The minimum absolute atomic E-state index is 0.338. The summed E-state index contributed by atoms with van der Waals surface area (Å²) < 4.78 is 0. The first-order chi connectivity index (χ1) is 7.19. The number of imidazole rings is 1. The zero-order chi connectivity index (χ0) is 11.3. The van der Waals surface area contributed by atoms with Crippen LogP contribution in [0.2, 0.25) is 0 Å². The zero-order valence-electron chi connectivity index (χ0n) is 8.27. The van der Waals surface area contributed by atoms with E-state index in [1.807, 2.05) is 0 Å². The summed E-state index contributed by atoms with van der Waals surface area (Å²) in [5.74, 6) is -1.85. The number of ketones is 1. The van der Waals surface area contributed by atoms with Crippen molar-refractivity contribution in [3.8, 4) is 12.1 Å². The minimum atomic E-state index is -1.16. The minimum Gasteiger partial charge on any atom is -0.348 e. The van der Waals surface area contributed by atoms with Gasteiger partial charge in [-0.1, -0.05) is 6.92 Å². The van der Waals surface area contributed by atoms with E-state index in [2.05, 4.69) is 9.97 Å². The fourth-order valence-electron chi connectivity index (χ4n) is 1.27. The Morgan fingerprint density at radius 1 is 1.60 bits per heavy atom. The molecule has 1 heterocycles. The molecular formula is C10H10N4O. The van der Waals surface area contributed by atoms with Gasteiger partial charge < -0.3 is 4.98 Å². The first kappa shape index (κ1) is 10.9. The van der Waals surface area contributed by atoms with Crippen LogP contribution < -0.4 is 0 Å². The fraction of sp³-hybridized carbons (Fsp3) is 0.400. The Balaban J connectivity index is 2.63.